The Labute approximate surface area is 486 Å². The van der Waals surface area contributed by atoms with Crippen LogP contribution in [0.25, 0.3) is 0 Å². The van der Waals surface area contributed by atoms with E-state index in [0.717, 1.165) is 122 Å². The molecule has 0 aromatic heterocycles. The third-order valence-electron chi connectivity index (χ3n) is 22.7. The molecule has 1 heterocycles. The maximum Gasteiger partial charge on any atom is 0.306 e. The summed E-state index contributed by atoms with van der Waals surface area (Å²) in [6.45, 7) is 36.8. The smallest absolute Gasteiger partial charge is 0.306 e. The standard InChI is InChI=1S/C38H68O2.C36H64O2/c1-10-11-12-13-14-15-16-28-39-36-32(6)33(7)37-35(34(36)8)25-27-38(9,40-37)26-19-24-31(5)23-18-22-30(4)21-17-20-29(2)3;1-7-8-9-10-11-12-16-34(37)38-29-21-23-35(5)28(25-29)17-18-30-32-20-19-31(27(4)15-13-14-26(2)3)36(32,6)24-22-33(30)35/h29-31H,10-28H2,1-9H3;26-33H,7-25H2,1-6H3/t30-,31-,38-;27?,28?,29-,30-,31+,32?,33-,35-,36+/m10/s1. The molecule has 4 fully saturated rings. The van der Waals surface area contributed by atoms with Crippen molar-refractivity contribution in [2.45, 2.75) is 353 Å². The third-order valence-corrected chi connectivity index (χ3v) is 22.7. The SMILES string of the molecule is CCCCCCCCC(=O)O[C@H]1CC[C@@]2(C)C(CC[C@H]3C4CC[C@H](C(C)CCCC(C)C)[C@@]4(C)CC[C@@H]32)C1.CCCCCCCCCOc1c(C)c(C)c2c(c1C)CC[C@@](C)(CCC[C@H](C)CCC[C@H](C)CCCC(C)C)O2. The van der Waals surface area contributed by atoms with E-state index in [2.05, 4.69) is 104 Å². The molecule has 0 N–H and O–H groups in total. The van der Waals surface area contributed by atoms with Gasteiger partial charge in [-0.1, -0.05) is 211 Å². The van der Waals surface area contributed by atoms with E-state index in [4.69, 9.17) is 14.2 Å². The van der Waals surface area contributed by atoms with Gasteiger partial charge in [-0.3, -0.25) is 4.79 Å². The predicted molar refractivity (Wildman–Crippen MR) is 337 cm³/mol. The van der Waals surface area contributed by atoms with Crippen LogP contribution in [0.1, 0.15) is 336 Å². The van der Waals surface area contributed by atoms with Gasteiger partial charge in [0.05, 0.1) is 6.61 Å². The van der Waals surface area contributed by atoms with Crippen LogP contribution in [-0.4, -0.2) is 24.3 Å². The van der Waals surface area contributed by atoms with E-state index < -0.39 is 0 Å². The van der Waals surface area contributed by atoms with E-state index in [1.165, 1.54) is 208 Å². The number of carbonyl (C=O) groups is 1. The van der Waals surface area contributed by atoms with E-state index in [9.17, 15) is 4.79 Å². The lowest BCUT2D eigenvalue weighted by molar-refractivity contribution is -0.162. The molecule has 0 bridgehead atoms. The third kappa shape index (κ3) is 19.7. The number of hydrogen-bond acceptors (Lipinski definition) is 4. The Morgan fingerprint density at radius 2 is 1.13 bits per heavy atom. The molecule has 6 rings (SSSR count). The molecule has 4 saturated carbocycles. The summed E-state index contributed by atoms with van der Waals surface area (Å²) in [5.74, 6) is 11.2. The van der Waals surface area contributed by atoms with Crippen molar-refractivity contribution < 1.29 is 19.0 Å². The highest BCUT2D eigenvalue weighted by Crippen LogP contribution is 2.68. The first-order valence-electron chi connectivity index (χ1n) is 34.9. The van der Waals surface area contributed by atoms with Gasteiger partial charge in [-0.25, -0.2) is 0 Å². The van der Waals surface area contributed by atoms with Gasteiger partial charge >= 0.3 is 5.97 Å². The maximum atomic E-state index is 12.6. The molecule has 0 saturated heterocycles. The minimum Gasteiger partial charge on any atom is -0.493 e. The van der Waals surface area contributed by atoms with Crippen LogP contribution < -0.4 is 9.47 Å². The van der Waals surface area contributed by atoms with Crippen molar-refractivity contribution in [3.63, 3.8) is 0 Å². The predicted octanol–water partition coefficient (Wildman–Crippen LogP) is 23.0. The minimum atomic E-state index is -0.0402. The van der Waals surface area contributed by atoms with Gasteiger partial charge < -0.3 is 14.2 Å². The van der Waals surface area contributed by atoms with Gasteiger partial charge in [-0.15, -0.1) is 0 Å². The molecule has 4 nitrogen and oxygen atoms in total. The van der Waals surface area contributed by atoms with Crippen LogP contribution >= 0.6 is 0 Å². The van der Waals surface area contributed by atoms with E-state index in [0.29, 0.717) is 17.3 Å². The quantitative estimate of drug-likeness (QED) is 0.0510. The Bertz CT molecular complexity index is 1850. The maximum absolute atomic E-state index is 12.6. The van der Waals surface area contributed by atoms with Crippen molar-refractivity contribution in [1.29, 1.82) is 0 Å². The van der Waals surface area contributed by atoms with Crippen LogP contribution in [0.15, 0.2) is 0 Å². The molecule has 4 aliphatic carbocycles. The highest BCUT2D eigenvalue weighted by Gasteiger charge is 2.60. The second-order valence-corrected chi connectivity index (χ2v) is 30.0. The number of hydrogen-bond donors (Lipinski definition) is 0. The fourth-order valence-corrected chi connectivity index (χ4v) is 17.4. The van der Waals surface area contributed by atoms with Crippen LogP contribution in [-0.2, 0) is 16.0 Å². The van der Waals surface area contributed by atoms with Crippen LogP contribution in [0.2, 0.25) is 0 Å². The molecule has 1 aliphatic heterocycles. The fraction of sp³-hybridized carbons (Fsp3) is 0.905. The summed E-state index contributed by atoms with van der Waals surface area (Å²) in [6.07, 6.45) is 48.3. The van der Waals surface area contributed by atoms with Gasteiger partial charge in [0.25, 0.3) is 0 Å². The molecular formula is C74H132O4. The van der Waals surface area contributed by atoms with Crippen LogP contribution in [0.4, 0.5) is 0 Å². The highest BCUT2D eigenvalue weighted by atomic mass is 16.5. The number of benzene rings is 1. The Balaban J connectivity index is 0.000000288. The summed E-state index contributed by atoms with van der Waals surface area (Å²) in [7, 11) is 0. The molecule has 3 unspecified atom stereocenters. The molecule has 0 spiro atoms. The second-order valence-electron chi connectivity index (χ2n) is 30.0. The van der Waals surface area contributed by atoms with Crippen molar-refractivity contribution in [1.82, 2.24) is 0 Å². The Hall–Kier alpha value is -1.71. The number of rotatable bonds is 34. The normalized spacial score (nSPS) is 28.6. The number of ether oxygens (including phenoxy) is 3. The molecule has 5 aliphatic rings. The van der Waals surface area contributed by atoms with Gasteiger partial charge in [0, 0.05) is 12.0 Å². The number of esters is 1. The van der Waals surface area contributed by atoms with Gasteiger partial charge in [0.2, 0.25) is 0 Å². The lowest BCUT2D eigenvalue weighted by atomic mass is 9.44. The van der Waals surface area contributed by atoms with Crippen LogP contribution in [0.3, 0.4) is 0 Å². The van der Waals surface area contributed by atoms with Crippen LogP contribution in [0, 0.1) is 90.8 Å². The summed E-state index contributed by atoms with van der Waals surface area (Å²) in [4.78, 5) is 12.6. The molecule has 12 atom stereocenters. The number of unbranched alkanes of at least 4 members (excludes halogenated alkanes) is 11. The molecule has 1 aromatic rings. The topological polar surface area (TPSA) is 44.8 Å². The summed E-state index contributed by atoms with van der Waals surface area (Å²) < 4.78 is 19.3. The average Bonchev–Trinajstić information content (AvgIpc) is 3.99. The van der Waals surface area contributed by atoms with E-state index in [1.807, 2.05) is 0 Å². The molecule has 0 amide bonds. The van der Waals surface area contributed by atoms with Crippen molar-refractivity contribution in [3.8, 4) is 11.5 Å². The zero-order chi connectivity index (χ0) is 56.9. The zero-order valence-corrected chi connectivity index (χ0v) is 54.9. The lowest BCUT2D eigenvalue weighted by Gasteiger charge is -2.61. The molecule has 452 valence electrons. The van der Waals surface area contributed by atoms with Gasteiger partial charge in [-0.2, -0.15) is 0 Å². The molecule has 78 heavy (non-hydrogen) atoms. The monoisotopic (exact) mass is 1090 g/mol. The van der Waals surface area contributed by atoms with E-state index in [-0.39, 0.29) is 17.7 Å². The van der Waals surface area contributed by atoms with Crippen molar-refractivity contribution in [2.24, 2.45) is 70.0 Å². The molecular weight excluding hydrogens is 953 g/mol. The van der Waals surface area contributed by atoms with Crippen LogP contribution in [0.5, 0.6) is 11.5 Å². The molecule has 4 heteroatoms. The Morgan fingerprint density at radius 3 is 1.77 bits per heavy atom. The average molecular weight is 1090 g/mol. The minimum absolute atomic E-state index is 0.0402. The van der Waals surface area contributed by atoms with Gasteiger partial charge in [0.15, 0.2) is 0 Å². The zero-order valence-electron chi connectivity index (χ0n) is 54.9. The first-order valence-corrected chi connectivity index (χ1v) is 34.9. The molecule has 0 radical (unpaired) electrons. The van der Waals surface area contributed by atoms with Crippen molar-refractivity contribution in [2.75, 3.05) is 6.61 Å². The summed E-state index contributed by atoms with van der Waals surface area (Å²) >= 11 is 0. The van der Waals surface area contributed by atoms with E-state index >= 15 is 0 Å². The van der Waals surface area contributed by atoms with Gasteiger partial charge in [-0.05, 0) is 211 Å². The Kier molecular flexibility index (Phi) is 28.9. The van der Waals surface area contributed by atoms with Crippen molar-refractivity contribution in [3.05, 3.63) is 22.3 Å². The van der Waals surface area contributed by atoms with Crippen molar-refractivity contribution >= 4 is 5.97 Å². The first-order chi connectivity index (χ1) is 37.3. The summed E-state index contributed by atoms with van der Waals surface area (Å²) in [5.41, 5.74) is 6.30. The highest BCUT2D eigenvalue weighted by molar-refractivity contribution is 5.69. The fourth-order valence-electron chi connectivity index (χ4n) is 17.4. The second kappa shape index (κ2) is 33.5. The van der Waals surface area contributed by atoms with E-state index in [1.54, 1.807) is 0 Å². The first kappa shape index (κ1) is 67.1. The molecule has 1 aromatic carbocycles. The number of carbonyl (C=O) groups excluding carboxylic acids is 1. The van der Waals surface area contributed by atoms with Gasteiger partial charge in [0.1, 0.15) is 23.2 Å². The summed E-state index contributed by atoms with van der Waals surface area (Å²) in [5, 5.41) is 0. The number of fused-ring (bicyclic) bond motifs is 6. The largest absolute Gasteiger partial charge is 0.493 e. The summed E-state index contributed by atoms with van der Waals surface area (Å²) in [6, 6.07) is 0. The lowest BCUT2D eigenvalue weighted by Crippen LogP contribution is -2.54. The Morgan fingerprint density at radius 1 is 0.564 bits per heavy atom.